The van der Waals surface area contributed by atoms with Crippen LogP contribution in [0.4, 0.5) is 0 Å². The molecule has 1 aliphatic heterocycles. The van der Waals surface area contributed by atoms with E-state index in [2.05, 4.69) is 6.58 Å². The van der Waals surface area contributed by atoms with Crippen LogP contribution in [0.15, 0.2) is 12.6 Å². The third kappa shape index (κ3) is 1.07. The second kappa shape index (κ2) is 2.98. The fraction of sp³-hybridized carbons (Fsp3) is 0.250. The van der Waals surface area contributed by atoms with Crippen LogP contribution in [-0.2, 0) is 11.3 Å². The molecule has 0 amide bonds. The van der Waals surface area contributed by atoms with Gasteiger partial charge in [-0.25, -0.2) is 4.79 Å². The van der Waals surface area contributed by atoms with E-state index in [4.69, 9.17) is 4.74 Å². The molecule has 0 spiro atoms. The molecule has 0 radical (unpaired) electrons. The zero-order valence-electron chi connectivity index (χ0n) is 8.39. The van der Waals surface area contributed by atoms with Crippen LogP contribution in [0.2, 0.25) is 0 Å². The molecule has 1 aromatic rings. The summed E-state index contributed by atoms with van der Waals surface area (Å²) >= 11 is 0. The molecule has 2 heteroatoms. The lowest BCUT2D eigenvalue weighted by atomic mass is 9.94. The Morgan fingerprint density at radius 2 is 2.21 bits per heavy atom. The molecular weight excluding hydrogens is 176 g/mol. The summed E-state index contributed by atoms with van der Waals surface area (Å²) in [6.07, 6.45) is 1.81. The predicted molar refractivity (Wildman–Crippen MR) is 55.1 cm³/mol. The van der Waals surface area contributed by atoms with Gasteiger partial charge in [0.1, 0.15) is 6.61 Å². The number of carbonyl (C=O) groups excluding carboxylic acids is 1. The van der Waals surface area contributed by atoms with Crippen molar-refractivity contribution in [2.75, 3.05) is 0 Å². The summed E-state index contributed by atoms with van der Waals surface area (Å²) < 4.78 is 5.01. The fourth-order valence-electron chi connectivity index (χ4n) is 1.90. The van der Waals surface area contributed by atoms with E-state index >= 15 is 0 Å². The van der Waals surface area contributed by atoms with Gasteiger partial charge in [-0.3, -0.25) is 0 Å². The first-order valence-electron chi connectivity index (χ1n) is 4.57. The maximum Gasteiger partial charge on any atom is 0.339 e. The lowest BCUT2D eigenvalue weighted by Gasteiger charge is -2.07. The van der Waals surface area contributed by atoms with E-state index in [9.17, 15) is 4.79 Å². The van der Waals surface area contributed by atoms with Gasteiger partial charge in [0.2, 0.25) is 0 Å². The van der Waals surface area contributed by atoms with Gasteiger partial charge < -0.3 is 4.74 Å². The van der Waals surface area contributed by atoms with Gasteiger partial charge in [-0.2, -0.15) is 0 Å². The maximum absolute atomic E-state index is 11.4. The van der Waals surface area contributed by atoms with Gasteiger partial charge >= 0.3 is 5.97 Å². The fourth-order valence-corrected chi connectivity index (χ4v) is 1.90. The molecule has 0 N–H and O–H groups in total. The van der Waals surface area contributed by atoms with E-state index in [1.807, 2.05) is 26.0 Å². The highest BCUT2D eigenvalue weighted by Crippen LogP contribution is 2.29. The van der Waals surface area contributed by atoms with E-state index in [0.29, 0.717) is 6.61 Å². The summed E-state index contributed by atoms with van der Waals surface area (Å²) in [6.45, 7) is 8.08. The highest BCUT2D eigenvalue weighted by Gasteiger charge is 2.25. The molecule has 0 saturated heterocycles. The van der Waals surface area contributed by atoms with Crippen LogP contribution in [0.5, 0.6) is 0 Å². The first-order valence-corrected chi connectivity index (χ1v) is 4.57. The van der Waals surface area contributed by atoms with E-state index in [-0.39, 0.29) is 5.97 Å². The number of carbonyl (C=O) groups is 1. The largest absolute Gasteiger partial charge is 0.457 e. The van der Waals surface area contributed by atoms with Gasteiger partial charge in [-0.05, 0) is 30.5 Å². The van der Waals surface area contributed by atoms with Crippen molar-refractivity contribution in [2.45, 2.75) is 20.5 Å². The van der Waals surface area contributed by atoms with Gasteiger partial charge in [0, 0.05) is 5.56 Å². The van der Waals surface area contributed by atoms with Crippen LogP contribution in [0.3, 0.4) is 0 Å². The maximum atomic E-state index is 11.4. The minimum atomic E-state index is -0.198. The van der Waals surface area contributed by atoms with E-state index in [1.165, 1.54) is 0 Å². The molecule has 1 aromatic carbocycles. The van der Waals surface area contributed by atoms with Gasteiger partial charge in [0.25, 0.3) is 0 Å². The summed E-state index contributed by atoms with van der Waals surface area (Å²) in [4.78, 5) is 11.4. The first-order chi connectivity index (χ1) is 6.65. The van der Waals surface area contributed by atoms with Gasteiger partial charge in [0.05, 0.1) is 5.56 Å². The molecule has 0 unspecified atom stereocenters. The first kappa shape index (κ1) is 9.00. The molecule has 1 aliphatic rings. The Labute approximate surface area is 83.2 Å². The topological polar surface area (TPSA) is 26.3 Å². The summed E-state index contributed by atoms with van der Waals surface area (Å²) in [5, 5.41) is 0. The number of rotatable bonds is 1. The van der Waals surface area contributed by atoms with Gasteiger partial charge in [-0.15, -0.1) is 0 Å². The Hall–Kier alpha value is -1.57. The van der Waals surface area contributed by atoms with Crippen LogP contribution in [0.1, 0.15) is 32.6 Å². The van der Waals surface area contributed by atoms with Crippen molar-refractivity contribution in [2.24, 2.45) is 0 Å². The van der Waals surface area contributed by atoms with Gasteiger partial charge in [-0.1, -0.05) is 18.7 Å². The minimum absolute atomic E-state index is 0.198. The normalized spacial score (nSPS) is 13.7. The lowest BCUT2D eigenvalue weighted by Crippen LogP contribution is -1.99. The van der Waals surface area contributed by atoms with Crippen molar-refractivity contribution in [3.8, 4) is 0 Å². The summed E-state index contributed by atoms with van der Waals surface area (Å²) in [5.74, 6) is -0.198. The second-order valence-corrected chi connectivity index (χ2v) is 3.54. The molecule has 2 nitrogen and oxygen atoms in total. The summed E-state index contributed by atoms with van der Waals surface area (Å²) in [5.41, 5.74) is 4.92. The number of fused-ring (bicyclic) bond motifs is 1. The van der Waals surface area contributed by atoms with Gasteiger partial charge in [0.15, 0.2) is 0 Å². The molecule has 0 atom stereocenters. The van der Waals surface area contributed by atoms with Crippen molar-refractivity contribution in [1.29, 1.82) is 0 Å². The number of cyclic esters (lactones) is 1. The molecule has 72 valence electrons. The van der Waals surface area contributed by atoms with Crippen LogP contribution in [0.25, 0.3) is 6.08 Å². The molecule has 0 saturated carbocycles. The van der Waals surface area contributed by atoms with Crippen molar-refractivity contribution < 1.29 is 9.53 Å². The zero-order valence-corrected chi connectivity index (χ0v) is 8.39. The third-order valence-electron chi connectivity index (χ3n) is 2.73. The number of hydrogen-bond donors (Lipinski definition) is 0. The molecule has 1 heterocycles. The Kier molecular flexibility index (Phi) is 1.92. The second-order valence-electron chi connectivity index (χ2n) is 3.54. The van der Waals surface area contributed by atoms with Crippen molar-refractivity contribution in [1.82, 2.24) is 0 Å². The average Bonchev–Trinajstić information content (AvgIpc) is 2.54. The molecule has 0 bridgehead atoms. The standard InChI is InChI=1S/C12H12O2/c1-4-9-5-7(2)11-10(8(9)3)6-14-12(11)13/h4-5H,1,6H2,2-3H3. The van der Waals surface area contributed by atoms with E-state index in [1.54, 1.807) is 0 Å². The van der Waals surface area contributed by atoms with Crippen molar-refractivity contribution in [3.05, 3.63) is 40.5 Å². The van der Waals surface area contributed by atoms with Crippen LogP contribution < -0.4 is 0 Å². The highest BCUT2D eigenvalue weighted by molar-refractivity contribution is 5.96. The third-order valence-corrected chi connectivity index (χ3v) is 2.73. The van der Waals surface area contributed by atoms with Crippen LogP contribution in [-0.4, -0.2) is 5.97 Å². The quantitative estimate of drug-likeness (QED) is 0.633. The zero-order chi connectivity index (χ0) is 10.3. The van der Waals surface area contributed by atoms with Crippen LogP contribution in [0, 0.1) is 13.8 Å². The number of benzene rings is 1. The van der Waals surface area contributed by atoms with E-state index < -0.39 is 0 Å². The number of ether oxygens (including phenoxy) is 1. The lowest BCUT2D eigenvalue weighted by molar-refractivity contribution is 0.0534. The Morgan fingerprint density at radius 1 is 1.50 bits per heavy atom. The molecular formula is C12H12O2. The Morgan fingerprint density at radius 3 is 2.86 bits per heavy atom. The monoisotopic (exact) mass is 188 g/mol. The Bertz CT molecular complexity index is 430. The van der Waals surface area contributed by atoms with Crippen LogP contribution >= 0.6 is 0 Å². The molecule has 14 heavy (non-hydrogen) atoms. The number of hydrogen-bond acceptors (Lipinski definition) is 2. The average molecular weight is 188 g/mol. The van der Waals surface area contributed by atoms with E-state index in [0.717, 1.165) is 27.8 Å². The molecule has 0 aliphatic carbocycles. The Balaban J connectivity index is 2.76. The minimum Gasteiger partial charge on any atom is -0.457 e. The summed E-state index contributed by atoms with van der Waals surface area (Å²) in [6, 6.07) is 1.98. The SMILES string of the molecule is C=Cc1cc(C)c2c(c1C)COC2=O. The molecule has 0 fully saturated rings. The summed E-state index contributed by atoms with van der Waals surface area (Å²) in [7, 11) is 0. The molecule has 0 aromatic heterocycles. The number of esters is 1. The number of aryl methyl sites for hydroxylation is 1. The van der Waals surface area contributed by atoms with Crippen molar-refractivity contribution >= 4 is 12.0 Å². The smallest absolute Gasteiger partial charge is 0.339 e. The van der Waals surface area contributed by atoms with Crippen molar-refractivity contribution in [3.63, 3.8) is 0 Å². The highest BCUT2D eigenvalue weighted by atomic mass is 16.5. The molecule has 2 rings (SSSR count). The predicted octanol–water partition coefficient (Wildman–Crippen LogP) is 2.62.